The lowest BCUT2D eigenvalue weighted by Crippen LogP contribution is -2.25. The summed E-state index contributed by atoms with van der Waals surface area (Å²) in [5.74, 6) is 0.353. The van der Waals surface area contributed by atoms with Crippen molar-refractivity contribution in [2.24, 2.45) is 0 Å². The Morgan fingerprint density at radius 2 is 1.85 bits per heavy atom. The number of rotatable bonds is 7. The lowest BCUT2D eigenvalue weighted by molar-refractivity contribution is 0.0328. The van der Waals surface area contributed by atoms with Crippen LogP contribution in [0.1, 0.15) is 59.7 Å². The molecule has 6 nitrogen and oxygen atoms in total. The number of halogens is 2. The van der Waals surface area contributed by atoms with Crippen molar-refractivity contribution in [2.45, 2.75) is 50.7 Å². The summed E-state index contributed by atoms with van der Waals surface area (Å²) >= 11 is 12.9. The fourth-order valence-corrected chi connectivity index (χ4v) is 5.15. The van der Waals surface area contributed by atoms with Crippen LogP contribution in [0, 0.1) is 0 Å². The minimum absolute atomic E-state index is 0.0872. The summed E-state index contributed by atoms with van der Waals surface area (Å²) in [5.41, 5.74) is 3.53. The number of anilines is 1. The van der Waals surface area contributed by atoms with Crippen LogP contribution < -0.4 is 4.90 Å². The summed E-state index contributed by atoms with van der Waals surface area (Å²) < 4.78 is 12.2. The minimum atomic E-state index is -0.910. The van der Waals surface area contributed by atoms with Gasteiger partial charge >= 0.3 is 5.97 Å². The molecule has 0 radical (unpaired) electrons. The predicted molar refractivity (Wildman–Crippen MR) is 132 cm³/mol. The molecule has 8 heteroatoms. The first kappa shape index (κ1) is 23.2. The molecule has 1 N–H and O–H groups in total. The van der Waals surface area contributed by atoms with Gasteiger partial charge < -0.3 is 19.3 Å². The zero-order valence-corrected chi connectivity index (χ0v) is 20.2. The summed E-state index contributed by atoms with van der Waals surface area (Å²) in [6, 6.07) is 12.5. The van der Waals surface area contributed by atoms with E-state index in [-0.39, 0.29) is 6.10 Å². The maximum atomic E-state index is 11.3. The number of benzene rings is 2. The number of nitrogens with zero attached hydrogens (tertiary/aromatic N) is 2. The Bertz CT molecular complexity index is 1170. The van der Waals surface area contributed by atoms with Gasteiger partial charge in [0.25, 0.3) is 0 Å². The van der Waals surface area contributed by atoms with E-state index in [0.717, 1.165) is 62.2 Å². The number of carboxylic acid groups (broad SMARTS) is 1. The average Bonchev–Trinajstić information content (AvgIpc) is 3.63. The highest BCUT2D eigenvalue weighted by molar-refractivity contribution is 6.39. The normalized spacial score (nSPS) is 18.6. The molecule has 1 aromatic heterocycles. The van der Waals surface area contributed by atoms with E-state index in [4.69, 9.17) is 32.5 Å². The summed E-state index contributed by atoms with van der Waals surface area (Å²) in [7, 11) is 0. The van der Waals surface area contributed by atoms with E-state index in [2.05, 4.69) is 10.1 Å². The molecular weight excluding hydrogens is 475 g/mol. The van der Waals surface area contributed by atoms with Crippen LogP contribution in [0.25, 0.3) is 11.3 Å². The van der Waals surface area contributed by atoms with Crippen LogP contribution in [0.5, 0.6) is 0 Å². The van der Waals surface area contributed by atoms with E-state index in [0.29, 0.717) is 39.4 Å². The van der Waals surface area contributed by atoms with Gasteiger partial charge in [-0.1, -0.05) is 40.5 Å². The van der Waals surface area contributed by atoms with Crippen molar-refractivity contribution in [1.29, 1.82) is 0 Å². The highest BCUT2D eigenvalue weighted by atomic mass is 35.5. The molecule has 1 atom stereocenters. The lowest BCUT2D eigenvalue weighted by Gasteiger charge is -2.23. The second kappa shape index (κ2) is 9.98. The molecule has 5 rings (SSSR count). The van der Waals surface area contributed by atoms with Crippen molar-refractivity contribution >= 4 is 34.9 Å². The predicted octanol–water partition coefficient (Wildman–Crippen LogP) is 6.80. The zero-order chi connectivity index (χ0) is 23.7. The third-order valence-electron chi connectivity index (χ3n) is 6.56. The molecule has 2 aliphatic rings. The summed E-state index contributed by atoms with van der Waals surface area (Å²) in [4.78, 5) is 13.6. The number of hydrogen-bond acceptors (Lipinski definition) is 5. The molecule has 0 bridgehead atoms. The number of aromatic carboxylic acids is 1. The summed E-state index contributed by atoms with van der Waals surface area (Å²) in [5, 5.41) is 14.7. The van der Waals surface area contributed by atoms with Gasteiger partial charge in [0.2, 0.25) is 0 Å². The third kappa shape index (κ3) is 4.95. The summed E-state index contributed by atoms with van der Waals surface area (Å²) in [6.45, 7) is 2.06. The van der Waals surface area contributed by atoms with E-state index in [1.807, 2.05) is 12.1 Å². The molecule has 0 amide bonds. The minimum Gasteiger partial charge on any atom is -0.478 e. The molecule has 1 saturated heterocycles. The van der Waals surface area contributed by atoms with Gasteiger partial charge in [-0.15, -0.1) is 0 Å². The standard InChI is InChI=1S/C26H26Cl2N2O4/c27-21-7-2-8-22(28)23(21)24-20(25(34-29-24)16-9-10-16)15-33-19-6-3-12-30(13-11-19)18-5-1-4-17(14-18)26(31)32/h1-2,4-5,7-8,14,16,19H,3,6,9-13,15H2,(H,31,32). The van der Waals surface area contributed by atoms with Crippen LogP contribution >= 0.6 is 23.2 Å². The van der Waals surface area contributed by atoms with Gasteiger partial charge in [0.05, 0.1) is 28.3 Å². The Morgan fingerprint density at radius 3 is 2.59 bits per heavy atom. The van der Waals surface area contributed by atoms with E-state index in [1.165, 1.54) is 0 Å². The average molecular weight is 501 g/mol. The van der Waals surface area contributed by atoms with Crippen molar-refractivity contribution in [3.63, 3.8) is 0 Å². The van der Waals surface area contributed by atoms with Gasteiger partial charge in [-0.25, -0.2) is 4.79 Å². The second-order valence-electron chi connectivity index (χ2n) is 8.95. The molecule has 1 aliphatic carbocycles. The van der Waals surface area contributed by atoms with Gasteiger partial charge in [-0.05, 0) is 62.4 Å². The number of carbonyl (C=O) groups is 1. The highest BCUT2D eigenvalue weighted by Crippen LogP contribution is 2.46. The molecular formula is C26H26Cl2N2O4. The third-order valence-corrected chi connectivity index (χ3v) is 7.19. The zero-order valence-electron chi connectivity index (χ0n) is 18.7. The fourth-order valence-electron chi connectivity index (χ4n) is 4.58. The van der Waals surface area contributed by atoms with Gasteiger partial charge in [0.1, 0.15) is 11.5 Å². The lowest BCUT2D eigenvalue weighted by atomic mass is 10.0. The van der Waals surface area contributed by atoms with Crippen molar-refractivity contribution in [3.05, 3.63) is 69.4 Å². The van der Waals surface area contributed by atoms with Crippen LogP contribution in [0.2, 0.25) is 10.0 Å². The first-order chi connectivity index (χ1) is 16.5. The Morgan fingerprint density at radius 1 is 1.09 bits per heavy atom. The maximum Gasteiger partial charge on any atom is 0.335 e. The fraction of sp³-hybridized carbons (Fsp3) is 0.385. The van der Waals surface area contributed by atoms with Crippen LogP contribution in [0.3, 0.4) is 0 Å². The Labute approximate surface area is 208 Å². The molecule has 2 aromatic carbocycles. The Hall–Kier alpha value is -2.54. The number of carboxylic acids is 1. The Balaban J connectivity index is 1.30. The topological polar surface area (TPSA) is 75.8 Å². The maximum absolute atomic E-state index is 11.3. The Kier molecular flexibility index (Phi) is 6.82. The van der Waals surface area contributed by atoms with E-state index in [9.17, 15) is 9.90 Å². The number of aromatic nitrogens is 1. The molecule has 1 unspecified atom stereocenters. The van der Waals surface area contributed by atoms with Crippen LogP contribution in [0.4, 0.5) is 5.69 Å². The van der Waals surface area contributed by atoms with Crippen molar-refractivity contribution < 1.29 is 19.2 Å². The molecule has 34 heavy (non-hydrogen) atoms. The largest absolute Gasteiger partial charge is 0.478 e. The molecule has 3 aromatic rings. The molecule has 2 fully saturated rings. The molecule has 178 valence electrons. The number of hydrogen-bond donors (Lipinski definition) is 1. The highest BCUT2D eigenvalue weighted by Gasteiger charge is 2.34. The van der Waals surface area contributed by atoms with Crippen molar-refractivity contribution in [3.8, 4) is 11.3 Å². The van der Waals surface area contributed by atoms with Crippen LogP contribution in [0.15, 0.2) is 47.0 Å². The quantitative estimate of drug-likeness (QED) is 0.384. The van der Waals surface area contributed by atoms with Crippen LogP contribution in [-0.4, -0.2) is 35.4 Å². The molecule has 1 aliphatic heterocycles. The molecule has 0 spiro atoms. The van der Waals surface area contributed by atoms with Gasteiger partial charge in [-0.2, -0.15) is 0 Å². The van der Waals surface area contributed by atoms with E-state index in [1.54, 1.807) is 30.3 Å². The van der Waals surface area contributed by atoms with Crippen LogP contribution in [-0.2, 0) is 11.3 Å². The number of ether oxygens (including phenoxy) is 1. The molecule has 2 heterocycles. The molecule has 1 saturated carbocycles. The van der Waals surface area contributed by atoms with Crippen molar-refractivity contribution in [1.82, 2.24) is 5.16 Å². The van der Waals surface area contributed by atoms with Gasteiger partial charge in [0, 0.05) is 35.8 Å². The second-order valence-corrected chi connectivity index (χ2v) is 9.77. The first-order valence-electron chi connectivity index (χ1n) is 11.6. The van der Waals surface area contributed by atoms with Crippen molar-refractivity contribution in [2.75, 3.05) is 18.0 Å². The van der Waals surface area contributed by atoms with Gasteiger partial charge in [0.15, 0.2) is 0 Å². The SMILES string of the molecule is O=C(O)c1cccc(N2CCCC(OCc3c(-c4c(Cl)cccc4Cl)noc3C3CC3)CC2)c1. The summed E-state index contributed by atoms with van der Waals surface area (Å²) in [6.07, 6.45) is 5.01. The van der Waals surface area contributed by atoms with Gasteiger partial charge in [-0.3, -0.25) is 0 Å². The monoisotopic (exact) mass is 500 g/mol. The first-order valence-corrected chi connectivity index (χ1v) is 12.4. The van der Waals surface area contributed by atoms with E-state index < -0.39 is 5.97 Å². The smallest absolute Gasteiger partial charge is 0.335 e. The van der Waals surface area contributed by atoms with E-state index >= 15 is 0 Å².